The fraction of sp³-hybridized carbons (Fsp3) is 0.667. The van der Waals surface area contributed by atoms with Crippen LogP contribution in [0.15, 0.2) is 10.7 Å². The second-order valence-electron chi connectivity index (χ2n) is 3.52. The molecule has 0 amide bonds. The average molecular weight is 247 g/mol. The number of nitrogens with zero attached hydrogens (tertiary/aromatic N) is 2. The first-order valence-corrected chi connectivity index (χ1v) is 5.16. The van der Waals surface area contributed by atoms with E-state index < -0.39 is 0 Å². The lowest BCUT2D eigenvalue weighted by atomic mass is 10.0. The average Bonchev–Trinajstić information content (AvgIpc) is 2.30. The Morgan fingerprint density at radius 1 is 1.62 bits per heavy atom. The molecule has 1 N–H and O–H groups in total. The van der Waals surface area contributed by atoms with Crippen molar-refractivity contribution in [1.82, 2.24) is 9.78 Å². The predicted octanol–water partition coefficient (Wildman–Crippen LogP) is 1.74. The van der Waals surface area contributed by atoms with Crippen LogP contribution in [0.2, 0.25) is 0 Å². The minimum atomic E-state index is -0.283. The van der Waals surface area contributed by atoms with Gasteiger partial charge in [-0.15, -0.1) is 0 Å². The van der Waals surface area contributed by atoms with Gasteiger partial charge in [0.1, 0.15) is 0 Å². The summed E-state index contributed by atoms with van der Waals surface area (Å²) in [6, 6.07) is 0. The Morgan fingerprint density at radius 3 is 2.62 bits per heavy atom. The number of aromatic nitrogens is 2. The Labute approximate surface area is 86.9 Å². The van der Waals surface area contributed by atoms with Gasteiger partial charge in [0.2, 0.25) is 0 Å². The van der Waals surface area contributed by atoms with E-state index in [1.165, 1.54) is 0 Å². The maximum atomic E-state index is 9.33. The Bertz CT molecular complexity index is 283. The van der Waals surface area contributed by atoms with E-state index in [1.54, 1.807) is 4.68 Å². The molecule has 0 saturated carbocycles. The molecule has 0 saturated heterocycles. The lowest BCUT2D eigenvalue weighted by Crippen LogP contribution is -2.16. The minimum absolute atomic E-state index is 0.242. The van der Waals surface area contributed by atoms with Gasteiger partial charge in [-0.3, -0.25) is 4.68 Å². The summed E-state index contributed by atoms with van der Waals surface area (Å²) < 4.78 is 2.79. The highest BCUT2D eigenvalue weighted by Gasteiger charge is 2.13. The van der Waals surface area contributed by atoms with Crippen LogP contribution in [-0.4, -0.2) is 21.0 Å². The van der Waals surface area contributed by atoms with Crippen molar-refractivity contribution in [3.8, 4) is 0 Å². The van der Waals surface area contributed by atoms with Crippen LogP contribution >= 0.6 is 15.9 Å². The summed E-state index contributed by atoms with van der Waals surface area (Å²) in [7, 11) is 1.89. The van der Waals surface area contributed by atoms with Crippen molar-refractivity contribution in [2.75, 3.05) is 0 Å². The Balaban J connectivity index is 2.68. The van der Waals surface area contributed by atoms with E-state index in [-0.39, 0.29) is 12.0 Å². The van der Waals surface area contributed by atoms with E-state index in [1.807, 2.05) is 27.1 Å². The van der Waals surface area contributed by atoms with Crippen LogP contribution in [0.4, 0.5) is 0 Å². The van der Waals surface area contributed by atoms with Crippen LogP contribution in [0.3, 0.4) is 0 Å². The molecule has 0 aliphatic rings. The predicted molar refractivity (Wildman–Crippen MR) is 55.5 cm³/mol. The number of hydrogen-bond donors (Lipinski definition) is 1. The largest absolute Gasteiger partial charge is 0.393 e. The number of halogens is 1. The quantitative estimate of drug-likeness (QED) is 0.883. The summed E-state index contributed by atoms with van der Waals surface area (Å²) in [6.07, 6.45) is 2.44. The number of aryl methyl sites for hydroxylation is 1. The van der Waals surface area contributed by atoms with Gasteiger partial charge >= 0.3 is 0 Å². The molecule has 0 radical (unpaired) electrons. The molecule has 2 atom stereocenters. The molecule has 0 aliphatic heterocycles. The van der Waals surface area contributed by atoms with Crippen LogP contribution in [0, 0.1) is 5.92 Å². The second-order valence-corrected chi connectivity index (χ2v) is 4.37. The molecule has 74 valence electrons. The van der Waals surface area contributed by atoms with Crippen LogP contribution in [0.1, 0.15) is 19.5 Å². The molecule has 0 fully saturated rings. The highest BCUT2D eigenvalue weighted by molar-refractivity contribution is 9.10. The molecule has 1 heterocycles. The Kier molecular flexibility index (Phi) is 3.50. The molecule has 0 aromatic carbocycles. The molecule has 1 aromatic heterocycles. The highest BCUT2D eigenvalue weighted by atomic mass is 79.9. The normalized spacial score (nSPS) is 15.8. The Hall–Kier alpha value is -0.350. The van der Waals surface area contributed by atoms with Gasteiger partial charge in [-0.05, 0) is 35.2 Å². The monoisotopic (exact) mass is 246 g/mol. The standard InChI is InChI=1S/C9H15BrN2O/c1-6(7(2)13)4-9-8(10)5-12(3)11-9/h5-7,13H,4H2,1-3H3. The highest BCUT2D eigenvalue weighted by Crippen LogP contribution is 2.19. The van der Waals surface area contributed by atoms with E-state index in [9.17, 15) is 5.11 Å². The zero-order valence-electron chi connectivity index (χ0n) is 8.16. The molecular weight excluding hydrogens is 232 g/mol. The third-order valence-corrected chi connectivity index (χ3v) is 2.86. The van der Waals surface area contributed by atoms with Crippen molar-refractivity contribution in [2.45, 2.75) is 26.4 Å². The molecule has 0 bridgehead atoms. The van der Waals surface area contributed by atoms with Gasteiger partial charge in [0.05, 0.1) is 16.3 Å². The van der Waals surface area contributed by atoms with Gasteiger partial charge in [0.15, 0.2) is 0 Å². The number of aliphatic hydroxyl groups excluding tert-OH is 1. The first-order chi connectivity index (χ1) is 6.00. The number of aliphatic hydroxyl groups is 1. The van der Waals surface area contributed by atoms with Gasteiger partial charge in [0, 0.05) is 13.2 Å². The third kappa shape index (κ3) is 2.81. The molecule has 0 spiro atoms. The third-order valence-electron chi connectivity index (χ3n) is 2.19. The Morgan fingerprint density at radius 2 is 2.23 bits per heavy atom. The topological polar surface area (TPSA) is 38.1 Å². The van der Waals surface area contributed by atoms with Crippen molar-refractivity contribution < 1.29 is 5.11 Å². The summed E-state index contributed by atoms with van der Waals surface area (Å²) in [5, 5.41) is 13.6. The summed E-state index contributed by atoms with van der Waals surface area (Å²) >= 11 is 3.43. The second kappa shape index (κ2) is 4.24. The minimum Gasteiger partial charge on any atom is -0.393 e. The molecule has 13 heavy (non-hydrogen) atoms. The summed E-state index contributed by atoms with van der Waals surface area (Å²) in [6.45, 7) is 3.83. The van der Waals surface area contributed by atoms with Crippen LogP contribution in [-0.2, 0) is 13.5 Å². The van der Waals surface area contributed by atoms with Gasteiger partial charge in [-0.1, -0.05) is 6.92 Å². The van der Waals surface area contributed by atoms with E-state index >= 15 is 0 Å². The van der Waals surface area contributed by atoms with Crippen molar-refractivity contribution in [3.63, 3.8) is 0 Å². The van der Waals surface area contributed by atoms with Crippen LogP contribution < -0.4 is 0 Å². The van der Waals surface area contributed by atoms with Gasteiger partial charge in [-0.25, -0.2) is 0 Å². The zero-order valence-corrected chi connectivity index (χ0v) is 9.74. The maximum Gasteiger partial charge on any atom is 0.0770 e. The molecule has 3 nitrogen and oxygen atoms in total. The smallest absolute Gasteiger partial charge is 0.0770 e. The molecule has 1 rings (SSSR count). The maximum absolute atomic E-state index is 9.33. The first-order valence-electron chi connectivity index (χ1n) is 4.36. The van der Waals surface area contributed by atoms with Gasteiger partial charge in [0.25, 0.3) is 0 Å². The first kappa shape index (κ1) is 10.7. The molecule has 2 unspecified atom stereocenters. The van der Waals surface area contributed by atoms with Crippen LogP contribution in [0.5, 0.6) is 0 Å². The van der Waals surface area contributed by atoms with Gasteiger partial charge < -0.3 is 5.11 Å². The van der Waals surface area contributed by atoms with Crippen molar-refractivity contribution in [2.24, 2.45) is 13.0 Å². The number of rotatable bonds is 3. The van der Waals surface area contributed by atoms with E-state index in [0.717, 1.165) is 16.6 Å². The molecular formula is C9H15BrN2O. The lowest BCUT2D eigenvalue weighted by Gasteiger charge is -2.12. The number of hydrogen-bond acceptors (Lipinski definition) is 2. The summed E-state index contributed by atoms with van der Waals surface area (Å²) in [4.78, 5) is 0. The van der Waals surface area contributed by atoms with Gasteiger partial charge in [-0.2, -0.15) is 5.10 Å². The van der Waals surface area contributed by atoms with Crippen molar-refractivity contribution >= 4 is 15.9 Å². The zero-order chi connectivity index (χ0) is 10.0. The molecule has 1 aromatic rings. The van der Waals surface area contributed by atoms with Crippen molar-refractivity contribution in [3.05, 3.63) is 16.4 Å². The molecule has 0 aliphatic carbocycles. The summed E-state index contributed by atoms with van der Waals surface area (Å²) in [5.74, 6) is 0.242. The van der Waals surface area contributed by atoms with Crippen LogP contribution in [0.25, 0.3) is 0 Å². The molecule has 4 heteroatoms. The van der Waals surface area contributed by atoms with E-state index in [4.69, 9.17) is 0 Å². The summed E-state index contributed by atoms with van der Waals surface area (Å²) in [5.41, 5.74) is 1.01. The van der Waals surface area contributed by atoms with E-state index in [2.05, 4.69) is 21.0 Å². The fourth-order valence-electron chi connectivity index (χ4n) is 1.12. The fourth-order valence-corrected chi connectivity index (χ4v) is 1.66. The van der Waals surface area contributed by atoms with Crippen molar-refractivity contribution in [1.29, 1.82) is 0 Å². The SMILES string of the molecule is CC(O)C(C)Cc1nn(C)cc1Br. The lowest BCUT2D eigenvalue weighted by molar-refractivity contribution is 0.134. The van der Waals surface area contributed by atoms with E-state index in [0.29, 0.717) is 0 Å².